The number of hydrogen-bond donors (Lipinski definition) is 0. The third-order valence-corrected chi connectivity index (χ3v) is 4.12. The predicted molar refractivity (Wildman–Crippen MR) is 81.2 cm³/mol. The topological polar surface area (TPSA) is 42.9 Å². The summed E-state index contributed by atoms with van der Waals surface area (Å²) >= 11 is 12.7. The fourth-order valence-corrected chi connectivity index (χ4v) is 2.76. The summed E-state index contributed by atoms with van der Waals surface area (Å²) in [5, 5.41) is 0.821. The second kappa shape index (κ2) is 6.33. The van der Waals surface area contributed by atoms with E-state index in [-0.39, 0.29) is 11.7 Å². The molecule has 5 heteroatoms. The molecule has 3 nitrogen and oxygen atoms in total. The van der Waals surface area contributed by atoms with E-state index in [2.05, 4.69) is 9.97 Å². The predicted octanol–water partition coefficient (Wildman–Crippen LogP) is 4.53. The molecule has 1 unspecified atom stereocenters. The van der Waals surface area contributed by atoms with E-state index in [1.54, 1.807) is 25.5 Å². The van der Waals surface area contributed by atoms with Crippen LogP contribution in [0.4, 0.5) is 0 Å². The maximum absolute atomic E-state index is 11.7. The molecule has 2 rings (SSSR count). The van der Waals surface area contributed by atoms with Crippen LogP contribution < -0.4 is 0 Å². The van der Waals surface area contributed by atoms with Crippen molar-refractivity contribution >= 4 is 29.0 Å². The zero-order valence-electron chi connectivity index (χ0n) is 11.2. The van der Waals surface area contributed by atoms with Crippen LogP contribution in [0.3, 0.4) is 0 Å². The quantitative estimate of drug-likeness (QED) is 0.833. The molecule has 0 amide bonds. The minimum atomic E-state index is -0.226. The molecular weight excluding hydrogens is 295 g/mol. The summed E-state index contributed by atoms with van der Waals surface area (Å²) in [6, 6.07) is 3.67. The van der Waals surface area contributed by atoms with E-state index in [9.17, 15) is 4.79 Å². The van der Waals surface area contributed by atoms with Gasteiger partial charge in [-0.15, -0.1) is 0 Å². The molecule has 1 atom stereocenters. The highest BCUT2D eigenvalue weighted by Crippen LogP contribution is 2.38. The molecule has 1 heterocycles. The van der Waals surface area contributed by atoms with Crippen LogP contribution in [0.2, 0.25) is 10.0 Å². The maximum atomic E-state index is 11.7. The van der Waals surface area contributed by atoms with Crippen LogP contribution in [0.15, 0.2) is 30.7 Å². The van der Waals surface area contributed by atoms with Crippen LogP contribution in [0.25, 0.3) is 11.3 Å². The zero-order valence-corrected chi connectivity index (χ0v) is 12.7. The van der Waals surface area contributed by atoms with Gasteiger partial charge in [0.1, 0.15) is 5.78 Å². The number of carbonyl (C=O) groups is 1. The Balaban J connectivity index is 2.52. The van der Waals surface area contributed by atoms with Crippen LogP contribution in [-0.2, 0) is 4.79 Å². The van der Waals surface area contributed by atoms with Crippen LogP contribution in [-0.4, -0.2) is 15.8 Å². The number of aromatic nitrogens is 2. The van der Waals surface area contributed by atoms with Gasteiger partial charge in [0.05, 0.1) is 21.9 Å². The van der Waals surface area contributed by atoms with Gasteiger partial charge in [-0.2, -0.15) is 0 Å². The van der Waals surface area contributed by atoms with Crippen molar-refractivity contribution in [3.05, 3.63) is 46.3 Å². The highest BCUT2D eigenvalue weighted by atomic mass is 35.5. The Kier molecular flexibility index (Phi) is 4.73. The molecule has 0 radical (unpaired) electrons. The average Bonchev–Trinajstić information content (AvgIpc) is 2.45. The summed E-state index contributed by atoms with van der Waals surface area (Å²) in [4.78, 5) is 19.9. The Labute approximate surface area is 128 Å². The number of hydrogen-bond acceptors (Lipinski definition) is 3. The van der Waals surface area contributed by atoms with E-state index < -0.39 is 0 Å². The van der Waals surface area contributed by atoms with Crippen LogP contribution in [0, 0.1) is 0 Å². The van der Waals surface area contributed by atoms with Crippen molar-refractivity contribution in [1.29, 1.82) is 0 Å². The van der Waals surface area contributed by atoms with Gasteiger partial charge in [-0.05, 0) is 18.9 Å². The molecular formula is C15H14Cl2N2O. The van der Waals surface area contributed by atoms with Gasteiger partial charge in [-0.1, -0.05) is 42.3 Å². The number of carbonyl (C=O) groups excluding carboxylic acids is 1. The first kappa shape index (κ1) is 14.9. The van der Waals surface area contributed by atoms with E-state index in [0.717, 1.165) is 5.56 Å². The molecule has 0 fully saturated rings. The molecule has 20 heavy (non-hydrogen) atoms. The Morgan fingerprint density at radius 3 is 2.55 bits per heavy atom. The number of ketones is 1. The standard InChI is InChI=1S/C15H14Cl2N2O/c1-3-10(9(2)20)11-4-5-12(15(17)14(11)16)13-8-18-6-7-19-13/h4-8,10H,3H2,1-2H3. The first-order chi connectivity index (χ1) is 9.56. The molecule has 1 aromatic heterocycles. The monoisotopic (exact) mass is 308 g/mol. The molecule has 2 aromatic rings. The molecule has 104 valence electrons. The second-order valence-corrected chi connectivity index (χ2v) is 5.25. The van der Waals surface area contributed by atoms with E-state index in [4.69, 9.17) is 23.2 Å². The molecule has 0 aliphatic rings. The summed E-state index contributed by atoms with van der Waals surface area (Å²) in [7, 11) is 0. The highest BCUT2D eigenvalue weighted by Gasteiger charge is 2.21. The van der Waals surface area contributed by atoms with Gasteiger partial charge in [0, 0.05) is 23.9 Å². The normalized spacial score (nSPS) is 12.2. The third-order valence-electron chi connectivity index (χ3n) is 3.23. The fraction of sp³-hybridized carbons (Fsp3) is 0.267. The average molecular weight is 309 g/mol. The lowest BCUT2D eigenvalue weighted by atomic mass is 9.92. The summed E-state index contributed by atoms with van der Waals surface area (Å²) in [5.41, 5.74) is 2.13. The van der Waals surface area contributed by atoms with Crippen LogP contribution in [0.1, 0.15) is 31.7 Å². The van der Waals surface area contributed by atoms with E-state index >= 15 is 0 Å². The minimum Gasteiger partial charge on any atom is -0.299 e. The summed E-state index contributed by atoms with van der Waals surface area (Å²) in [6.45, 7) is 3.52. The first-order valence-electron chi connectivity index (χ1n) is 6.31. The lowest BCUT2D eigenvalue weighted by Gasteiger charge is -2.16. The van der Waals surface area contributed by atoms with Gasteiger partial charge in [0.2, 0.25) is 0 Å². The lowest BCUT2D eigenvalue weighted by Crippen LogP contribution is -2.08. The van der Waals surface area contributed by atoms with Crippen LogP contribution in [0.5, 0.6) is 0 Å². The molecule has 1 aromatic carbocycles. The fourth-order valence-electron chi connectivity index (χ4n) is 2.20. The molecule has 0 saturated carbocycles. The number of Topliss-reactive ketones (excluding diaryl/α,β-unsaturated/α-hetero) is 1. The third kappa shape index (κ3) is 2.84. The Morgan fingerprint density at radius 2 is 2.00 bits per heavy atom. The van der Waals surface area contributed by atoms with E-state index in [1.807, 2.05) is 19.1 Å². The Hall–Kier alpha value is -1.45. The van der Waals surface area contributed by atoms with Gasteiger partial charge in [-0.25, -0.2) is 0 Å². The van der Waals surface area contributed by atoms with Gasteiger partial charge in [-0.3, -0.25) is 14.8 Å². The number of rotatable bonds is 4. The van der Waals surface area contributed by atoms with Gasteiger partial charge >= 0.3 is 0 Å². The molecule has 0 bridgehead atoms. The lowest BCUT2D eigenvalue weighted by molar-refractivity contribution is -0.118. The van der Waals surface area contributed by atoms with Crippen molar-refractivity contribution in [1.82, 2.24) is 9.97 Å². The largest absolute Gasteiger partial charge is 0.299 e. The van der Waals surface area contributed by atoms with E-state index in [0.29, 0.717) is 27.7 Å². The van der Waals surface area contributed by atoms with Crippen molar-refractivity contribution in [2.75, 3.05) is 0 Å². The summed E-state index contributed by atoms with van der Waals surface area (Å²) in [6.07, 6.45) is 5.50. The molecule has 0 aliphatic carbocycles. The van der Waals surface area contributed by atoms with Gasteiger partial charge in [0.25, 0.3) is 0 Å². The van der Waals surface area contributed by atoms with Gasteiger partial charge in [0.15, 0.2) is 0 Å². The number of benzene rings is 1. The Bertz CT molecular complexity index is 629. The van der Waals surface area contributed by atoms with Crippen molar-refractivity contribution in [3.8, 4) is 11.3 Å². The molecule has 0 aliphatic heterocycles. The van der Waals surface area contributed by atoms with Crippen molar-refractivity contribution in [2.24, 2.45) is 0 Å². The van der Waals surface area contributed by atoms with Crippen molar-refractivity contribution in [2.45, 2.75) is 26.2 Å². The molecule has 0 saturated heterocycles. The summed E-state index contributed by atoms with van der Waals surface area (Å²) < 4.78 is 0. The smallest absolute Gasteiger partial charge is 0.137 e. The Morgan fingerprint density at radius 1 is 1.25 bits per heavy atom. The van der Waals surface area contributed by atoms with Crippen molar-refractivity contribution < 1.29 is 4.79 Å². The van der Waals surface area contributed by atoms with Crippen LogP contribution >= 0.6 is 23.2 Å². The first-order valence-corrected chi connectivity index (χ1v) is 7.06. The molecule has 0 N–H and O–H groups in total. The van der Waals surface area contributed by atoms with Crippen molar-refractivity contribution in [3.63, 3.8) is 0 Å². The highest BCUT2D eigenvalue weighted by molar-refractivity contribution is 6.44. The SMILES string of the molecule is CCC(C(C)=O)c1ccc(-c2cnccn2)c(Cl)c1Cl. The molecule has 0 spiro atoms. The minimum absolute atomic E-state index is 0.0812. The number of nitrogens with zero attached hydrogens (tertiary/aromatic N) is 2. The summed E-state index contributed by atoms with van der Waals surface area (Å²) in [5.74, 6) is -0.145. The number of halogens is 2. The van der Waals surface area contributed by atoms with E-state index in [1.165, 1.54) is 0 Å². The van der Waals surface area contributed by atoms with Gasteiger partial charge < -0.3 is 0 Å². The zero-order chi connectivity index (χ0) is 14.7. The maximum Gasteiger partial charge on any atom is 0.137 e. The second-order valence-electron chi connectivity index (χ2n) is 4.49.